The minimum atomic E-state index is 0.444. The highest BCUT2D eigenvalue weighted by Gasteiger charge is 2.11. The molecule has 0 bridgehead atoms. The number of rotatable bonds is 7. The topological polar surface area (TPSA) is 15.3 Å². The zero-order chi connectivity index (χ0) is 14.4. The quantitative estimate of drug-likeness (QED) is 0.755. The van der Waals surface area contributed by atoms with Crippen LogP contribution in [0.1, 0.15) is 48.1 Å². The maximum Gasteiger partial charge on any atom is 0.0297 e. The predicted molar refractivity (Wildman–Crippen MR) is 84.9 cm³/mol. The molecule has 0 saturated carbocycles. The Bertz CT molecular complexity index is 373. The number of hydrogen-bond donors (Lipinski definition) is 1. The maximum atomic E-state index is 3.66. The smallest absolute Gasteiger partial charge is 0.0297 e. The van der Waals surface area contributed by atoms with Crippen LogP contribution < -0.4 is 5.32 Å². The largest absolute Gasteiger partial charge is 0.310 e. The van der Waals surface area contributed by atoms with Gasteiger partial charge in [-0.05, 0) is 84.4 Å². The normalized spacial score (nSPS) is 13.0. The van der Waals surface area contributed by atoms with Gasteiger partial charge in [-0.1, -0.05) is 17.7 Å². The van der Waals surface area contributed by atoms with Crippen molar-refractivity contribution in [3.63, 3.8) is 0 Å². The van der Waals surface area contributed by atoms with Gasteiger partial charge in [-0.25, -0.2) is 0 Å². The summed E-state index contributed by atoms with van der Waals surface area (Å²) in [4.78, 5) is 2.25. The molecule has 108 valence electrons. The molecule has 2 heteroatoms. The molecule has 2 nitrogen and oxygen atoms in total. The SMILES string of the molecule is Cc1cc(C)c(C(C)NCCCCN(C)C)c(C)c1. The summed E-state index contributed by atoms with van der Waals surface area (Å²) in [5.74, 6) is 0. The Morgan fingerprint density at radius 3 is 2.16 bits per heavy atom. The molecule has 0 heterocycles. The molecule has 1 aromatic carbocycles. The van der Waals surface area contributed by atoms with Gasteiger partial charge in [0.1, 0.15) is 0 Å². The molecule has 0 saturated heterocycles. The lowest BCUT2D eigenvalue weighted by Gasteiger charge is -2.20. The number of nitrogens with one attached hydrogen (secondary N) is 1. The van der Waals surface area contributed by atoms with Crippen molar-refractivity contribution in [2.75, 3.05) is 27.2 Å². The summed E-state index contributed by atoms with van der Waals surface area (Å²) in [5.41, 5.74) is 5.65. The van der Waals surface area contributed by atoms with E-state index in [9.17, 15) is 0 Å². The van der Waals surface area contributed by atoms with Gasteiger partial charge < -0.3 is 10.2 Å². The summed E-state index contributed by atoms with van der Waals surface area (Å²) in [5, 5.41) is 3.66. The Labute approximate surface area is 119 Å². The highest BCUT2D eigenvalue weighted by molar-refractivity contribution is 5.39. The zero-order valence-electron chi connectivity index (χ0n) is 13.5. The maximum absolute atomic E-state index is 3.66. The lowest BCUT2D eigenvalue weighted by Crippen LogP contribution is -2.22. The Morgan fingerprint density at radius 1 is 1.05 bits per heavy atom. The van der Waals surface area contributed by atoms with E-state index in [1.165, 1.54) is 41.6 Å². The molecule has 0 radical (unpaired) electrons. The average molecular weight is 262 g/mol. The van der Waals surface area contributed by atoms with Gasteiger partial charge in [0, 0.05) is 6.04 Å². The van der Waals surface area contributed by atoms with E-state index >= 15 is 0 Å². The second-order valence-electron chi connectivity index (χ2n) is 6.00. The van der Waals surface area contributed by atoms with Crippen molar-refractivity contribution in [1.82, 2.24) is 10.2 Å². The van der Waals surface area contributed by atoms with E-state index in [0.717, 1.165) is 6.54 Å². The van der Waals surface area contributed by atoms with Gasteiger partial charge in [0.25, 0.3) is 0 Å². The van der Waals surface area contributed by atoms with Gasteiger partial charge in [-0.2, -0.15) is 0 Å². The lowest BCUT2D eigenvalue weighted by atomic mass is 9.95. The summed E-state index contributed by atoms with van der Waals surface area (Å²) in [6, 6.07) is 5.01. The molecule has 0 aliphatic heterocycles. The monoisotopic (exact) mass is 262 g/mol. The van der Waals surface area contributed by atoms with Crippen LogP contribution >= 0.6 is 0 Å². The Hall–Kier alpha value is -0.860. The molecule has 0 spiro atoms. The van der Waals surface area contributed by atoms with Crippen molar-refractivity contribution in [2.24, 2.45) is 0 Å². The van der Waals surface area contributed by atoms with Crippen LogP contribution in [0.2, 0.25) is 0 Å². The first-order valence-corrected chi connectivity index (χ1v) is 7.37. The van der Waals surface area contributed by atoms with Crippen LogP contribution in [0.5, 0.6) is 0 Å². The second kappa shape index (κ2) is 7.66. The first-order chi connectivity index (χ1) is 8.91. The Balaban J connectivity index is 2.48. The van der Waals surface area contributed by atoms with Gasteiger partial charge in [-0.3, -0.25) is 0 Å². The molecular weight excluding hydrogens is 232 g/mol. The first-order valence-electron chi connectivity index (χ1n) is 7.37. The standard InChI is InChI=1S/C17H30N2/c1-13-11-14(2)17(15(3)12-13)16(4)18-9-7-8-10-19(5)6/h11-12,16,18H,7-10H2,1-6H3. The van der Waals surface area contributed by atoms with Gasteiger partial charge in [0.2, 0.25) is 0 Å². The summed E-state index contributed by atoms with van der Waals surface area (Å²) < 4.78 is 0. The molecule has 1 atom stereocenters. The molecular formula is C17H30N2. The van der Waals surface area contributed by atoms with E-state index < -0.39 is 0 Å². The molecule has 0 fully saturated rings. The summed E-state index contributed by atoms with van der Waals surface area (Å²) in [7, 11) is 4.27. The van der Waals surface area contributed by atoms with Crippen LogP contribution in [0.15, 0.2) is 12.1 Å². The van der Waals surface area contributed by atoms with Crippen molar-refractivity contribution < 1.29 is 0 Å². The molecule has 19 heavy (non-hydrogen) atoms. The third-order valence-electron chi connectivity index (χ3n) is 3.65. The van der Waals surface area contributed by atoms with Gasteiger partial charge in [0.15, 0.2) is 0 Å². The number of unbranched alkanes of at least 4 members (excludes halogenated alkanes) is 1. The fraction of sp³-hybridized carbons (Fsp3) is 0.647. The molecule has 0 aromatic heterocycles. The van der Waals surface area contributed by atoms with Crippen molar-refractivity contribution in [3.8, 4) is 0 Å². The number of aryl methyl sites for hydroxylation is 3. The minimum absolute atomic E-state index is 0.444. The Morgan fingerprint density at radius 2 is 1.63 bits per heavy atom. The number of benzene rings is 1. The zero-order valence-corrected chi connectivity index (χ0v) is 13.5. The van der Waals surface area contributed by atoms with Crippen molar-refractivity contribution in [2.45, 2.75) is 46.6 Å². The van der Waals surface area contributed by atoms with Gasteiger partial charge >= 0.3 is 0 Å². The third kappa shape index (κ3) is 5.33. The molecule has 0 amide bonds. The molecule has 1 aromatic rings. The van der Waals surface area contributed by atoms with E-state index in [2.05, 4.69) is 64.1 Å². The molecule has 0 aliphatic carbocycles. The van der Waals surface area contributed by atoms with Crippen molar-refractivity contribution >= 4 is 0 Å². The van der Waals surface area contributed by atoms with E-state index in [4.69, 9.17) is 0 Å². The second-order valence-corrected chi connectivity index (χ2v) is 6.00. The van der Waals surface area contributed by atoms with E-state index in [1.54, 1.807) is 0 Å². The molecule has 0 aliphatic rings. The van der Waals surface area contributed by atoms with Crippen LogP contribution in [-0.2, 0) is 0 Å². The van der Waals surface area contributed by atoms with Crippen molar-refractivity contribution in [1.29, 1.82) is 0 Å². The molecule has 1 rings (SSSR count). The van der Waals surface area contributed by atoms with Crippen LogP contribution in [0.25, 0.3) is 0 Å². The van der Waals surface area contributed by atoms with Gasteiger partial charge in [0.05, 0.1) is 0 Å². The number of nitrogens with zero attached hydrogens (tertiary/aromatic N) is 1. The van der Waals surface area contributed by atoms with Crippen LogP contribution in [0, 0.1) is 20.8 Å². The summed E-state index contributed by atoms with van der Waals surface area (Å²) >= 11 is 0. The van der Waals surface area contributed by atoms with Gasteiger partial charge in [-0.15, -0.1) is 0 Å². The summed E-state index contributed by atoms with van der Waals surface area (Å²) in [6.07, 6.45) is 2.51. The number of hydrogen-bond acceptors (Lipinski definition) is 2. The van der Waals surface area contributed by atoms with E-state index in [-0.39, 0.29) is 0 Å². The average Bonchev–Trinajstić information content (AvgIpc) is 2.26. The van der Waals surface area contributed by atoms with E-state index in [0.29, 0.717) is 6.04 Å². The van der Waals surface area contributed by atoms with E-state index in [1.807, 2.05) is 0 Å². The fourth-order valence-corrected chi connectivity index (χ4v) is 2.85. The van der Waals surface area contributed by atoms with Crippen LogP contribution in [-0.4, -0.2) is 32.1 Å². The highest BCUT2D eigenvalue weighted by Crippen LogP contribution is 2.23. The predicted octanol–water partition coefficient (Wildman–Crippen LogP) is 3.60. The lowest BCUT2D eigenvalue weighted by molar-refractivity contribution is 0.389. The molecule has 1 unspecified atom stereocenters. The Kier molecular flexibility index (Phi) is 6.53. The van der Waals surface area contributed by atoms with Crippen LogP contribution in [0.3, 0.4) is 0 Å². The third-order valence-corrected chi connectivity index (χ3v) is 3.65. The fourth-order valence-electron chi connectivity index (χ4n) is 2.85. The summed E-state index contributed by atoms with van der Waals surface area (Å²) in [6.45, 7) is 11.2. The van der Waals surface area contributed by atoms with Crippen molar-refractivity contribution in [3.05, 3.63) is 34.4 Å². The highest BCUT2D eigenvalue weighted by atomic mass is 15.0. The first kappa shape index (κ1) is 16.2. The van der Waals surface area contributed by atoms with Crippen LogP contribution in [0.4, 0.5) is 0 Å². The minimum Gasteiger partial charge on any atom is -0.310 e. The molecule has 1 N–H and O–H groups in total.